The number of carbonyl (C=O) groups excluding carboxylic acids is 2. The third-order valence-electron chi connectivity index (χ3n) is 4.13. The molecule has 0 saturated heterocycles. The van der Waals surface area contributed by atoms with E-state index >= 15 is 0 Å². The first-order valence-electron chi connectivity index (χ1n) is 8.94. The van der Waals surface area contributed by atoms with E-state index in [0.717, 1.165) is 0 Å². The van der Waals surface area contributed by atoms with Crippen molar-refractivity contribution in [3.8, 4) is 17.2 Å². The summed E-state index contributed by atoms with van der Waals surface area (Å²) in [4.78, 5) is 25.1. The average Bonchev–Trinajstić information content (AvgIpc) is 3.42. The second-order valence-electron chi connectivity index (χ2n) is 6.13. The van der Waals surface area contributed by atoms with Crippen molar-refractivity contribution < 1.29 is 23.8 Å². The molecule has 2 heterocycles. The van der Waals surface area contributed by atoms with Gasteiger partial charge in [0.2, 0.25) is 6.79 Å². The molecule has 1 aliphatic heterocycles. The van der Waals surface area contributed by atoms with Crippen molar-refractivity contribution in [3.63, 3.8) is 0 Å². The first kappa shape index (κ1) is 18.8. The van der Waals surface area contributed by atoms with Gasteiger partial charge in [-0.25, -0.2) is 0 Å². The van der Waals surface area contributed by atoms with Crippen molar-refractivity contribution in [2.75, 3.05) is 25.3 Å². The lowest BCUT2D eigenvalue weighted by Crippen LogP contribution is -2.28. The van der Waals surface area contributed by atoms with Crippen LogP contribution in [0.2, 0.25) is 0 Å². The van der Waals surface area contributed by atoms with Gasteiger partial charge in [-0.15, -0.1) is 11.3 Å². The first-order chi connectivity index (χ1) is 14.2. The minimum atomic E-state index is -0.244. The van der Waals surface area contributed by atoms with Gasteiger partial charge >= 0.3 is 0 Å². The van der Waals surface area contributed by atoms with Crippen LogP contribution in [0.1, 0.15) is 20.0 Å². The molecule has 0 aliphatic carbocycles. The van der Waals surface area contributed by atoms with Crippen LogP contribution in [0.5, 0.6) is 17.2 Å². The number of hydrogen-bond donors (Lipinski definition) is 2. The monoisotopic (exact) mass is 410 g/mol. The lowest BCUT2D eigenvalue weighted by Gasteiger charge is -2.09. The molecule has 0 unspecified atom stereocenters. The van der Waals surface area contributed by atoms with E-state index in [1.165, 1.54) is 11.3 Å². The van der Waals surface area contributed by atoms with Crippen LogP contribution in [0, 0.1) is 0 Å². The summed E-state index contributed by atoms with van der Waals surface area (Å²) in [5, 5.41) is 7.43. The van der Waals surface area contributed by atoms with Gasteiger partial charge in [0, 0.05) is 17.3 Å². The van der Waals surface area contributed by atoms with E-state index in [1.54, 1.807) is 48.5 Å². The summed E-state index contributed by atoms with van der Waals surface area (Å²) >= 11 is 1.36. The third kappa shape index (κ3) is 4.67. The van der Waals surface area contributed by atoms with Crippen LogP contribution in [0.15, 0.2) is 60.0 Å². The van der Waals surface area contributed by atoms with Gasteiger partial charge in [0.15, 0.2) is 11.5 Å². The van der Waals surface area contributed by atoms with Gasteiger partial charge in [0.05, 0.1) is 11.4 Å². The number of anilines is 1. The van der Waals surface area contributed by atoms with Crippen LogP contribution in [-0.2, 0) is 0 Å². The van der Waals surface area contributed by atoms with Gasteiger partial charge in [0.1, 0.15) is 12.4 Å². The van der Waals surface area contributed by atoms with Crippen LogP contribution in [0.25, 0.3) is 0 Å². The molecule has 7 nitrogen and oxygen atoms in total. The Morgan fingerprint density at radius 1 is 1.00 bits per heavy atom. The number of nitrogens with one attached hydrogen (secondary N) is 2. The molecule has 0 radical (unpaired) electrons. The van der Waals surface area contributed by atoms with Crippen LogP contribution in [0.4, 0.5) is 5.69 Å². The zero-order valence-electron chi connectivity index (χ0n) is 15.3. The lowest BCUT2D eigenvalue weighted by molar-refractivity contribution is 0.0945. The average molecular weight is 410 g/mol. The Morgan fingerprint density at radius 2 is 1.90 bits per heavy atom. The molecule has 29 heavy (non-hydrogen) atoms. The lowest BCUT2D eigenvalue weighted by atomic mass is 10.2. The quantitative estimate of drug-likeness (QED) is 0.582. The minimum Gasteiger partial charge on any atom is -0.492 e. The van der Waals surface area contributed by atoms with Gasteiger partial charge < -0.3 is 24.8 Å². The van der Waals surface area contributed by atoms with Gasteiger partial charge in [-0.1, -0.05) is 12.1 Å². The molecule has 0 bridgehead atoms. The van der Waals surface area contributed by atoms with Gasteiger partial charge in [-0.05, 0) is 41.8 Å². The smallest absolute Gasteiger partial charge is 0.265 e. The largest absolute Gasteiger partial charge is 0.492 e. The van der Waals surface area contributed by atoms with Crippen LogP contribution in [-0.4, -0.2) is 31.8 Å². The second-order valence-corrected chi connectivity index (χ2v) is 7.08. The first-order valence-corrected chi connectivity index (χ1v) is 9.82. The van der Waals surface area contributed by atoms with E-state index in [1.807, 2.05) is 11.4 Å². The predicted octanol–water partition coefficient (Wildman–Crippen LogP) is 3.54. The molecule has 1 aliphatic rings. The molecule has 3 aromatic rings. The number of carbonyl (C=O) groups is 2. The fourth-order valence-electron chi connectivity index (χ4n) is 2.74. The number of rotatable bonds is 7. The maximum atomic E-state index is 12.4. The summed E-state index contributed by atoms with van der Waals surface area (Å²) in [6, 6.07) is 15.7. The minimum absolute atomic E-state index is 0.199. The fraction of sp³-hybridized carbons (Fsp3) is 0.143. The van der Waals surface area contributed by atoms with Crippen molar-refractivity contribution in [2.24, 2.45) is 0 Å². The van der Waals surface area contributed by atoms with Crippen molar-refractivity contribution in [2.45, 2.75) is 0 Å². The Hall–Kier alpha value is -3.52. The highest BCUT2D eigenvalue weighted by Crippen LogP contribution is 2.34. The van der Waals surface area contributed by atoms with Gasteiger partial charge in [-0.3, -0.25) is 9.59 Å². The molecule has 2 aromatic carbocycles. The Kier molecular flexibility index (Phi) is 5.62. The van der Waals surface area contributed by atoms with E-state index in [9.17, 15) is 9.59 Å². The molecule has 8 heteroatoms. The number of hydrogen-bond acceptors (Lipinski definition) is 6. The highest BCUT2D eigenvalue weighted by atomic mass is 32.1. The molecule has 148 valence electrons. The Balaban J connectivity index is 1.27. The standard InChI is InChI=1S/C21H18N2O5S/c24-20(22-8-9-26-16-6-7-17-18(12-16)28-13-27-17)14-3-1-4-15(11-14)23-21(25)19-5-2-10-29-19/h1-7,10-12H,8-9,13H2,(H,22,24)(H,23,25). The summed E-state index contributed by atoms with van der Waals surface area (Å²) in [7, 11) is 0. The summed E-state index contributed by atoms with van der Waals surface area (Å²) in [5.41, 5.74) is 1.02. The summed E-state index contributed by atoms with van der Waals surface area (Å²) < 4.78 is 16.2. The van der Waals surface area contributed by atoms with Crippen LogP contribution >= 0.6 is 11.3 Å². The highest BCUT2D eigenvalue weighted by Gasteiger charge is 2.14. The SMILES string of the molecule is O=C(NCCOc1ccc2c(c1)OCO2)c1cccc(NC(=O)c2cccs2)c1. The van der Waals surface area contributed by atoms with Crippen molar-refractivity contribution in [1.82, 2.24) is 5.32 Å². The molecular formula is C21H18N2O5S. The number of fused-ring (bicyclic) bond motifs is 1. The van der Waals surface area contributed by atoms with Crippen LogP contribution < -0.4 is 24.8 Å². The molecule has 2 amide bonds. The molecular weight excluding hydrogens is 392 g/mol. The van der Waals surface area contributed by atoms with Crippen molar-refractivity contribution in [3.05, 3.63) is 70.4 Å². The molecule has 0 atom stereocenters. The van der Waals surface area contributed by atoms with E-state index < -0.39 is 0 Å². The molecule has 4 rings (SSSR count). The second kappa shape index (κ2) is 8.66. The molecule has 0 saturated carbocycles. The molecule has 0 spiro atoms. The van der Waals surface area contributed by atoms with E-state index in [0.29, 0.717) is 46.5 Å². The van der Waals surface area contributed by atoms with Crippen molar-refractivity contribution in [1.29, 1.82) is 0 Å². The summed E-state index contributed by atoms with van der Waals surface area (Å²) in [6.45, 7) is 0.848. The molecule has 2 N–H and O–H groups in total. The Labute approximate surface area is 171 Å². The Bertz CT molecular complexity index is 1020. The van der Waals surface area contributed by atoms with Gasteiger partial charge in [0.25, 0.3) is 11.8 Å². The fourth-order valence-corrected chi connectivity index (χ4v) is 3.36. The maximum absolute atomic E-state index is 12.4. The normalized spacial score (nSPS) is 11.7. The van der Waals surface area contributed by atoms with Gasteiger partial charge in [-0.2, -0.15) is 0 Å². The maximum Gasteiger partial charge on any atom is 0.265 e. The number of amides is 2. The zero-order chi connectivity index (χ0) is 20.1. The molecule has 0 fully saturated rings. The summed E-state index contributed by atoms with van der Waals surface area (Å²) in [6.07, 6.45) is 0. The number of benzene rings is 2. The topological polar surface area (TPSA) is 85.9 Å². The van der Waals surface area contributed by atoms with Crippen molar-refractivity contribution >= 4 is 28.8 Å². The van der Waals surface area contributed by atoms with E-state index in [2.05, 4.69) is 10.6 Å². The van der Waals surface area contributed by atoms with E-state index in [4.69, 9.17) is 14.2 Å². The highest BCUT2D eigenvalue weighted by molar-refractivity contribution is 7.12. The zero-order valence-corrected chi connectivity index (χ0v) is 16.2. The predicted molar refractivity (Wildman–Crippen MR) is 109 cm³/mol. The third-order valence-corrected chi connectivity index (χ3v) is 5.00. The van der Waals surface area contributed by atoms with Crippen LogP contribution in [0.3, 0.4) is 0 Å². The summed E-state index contributed by atoms with van der Waals surface area (Å²) in [5.74, 6) is 1.53. The molecule has 1 aromatic heterocycles. The number of thiophene rings is 1. The Morgan fingerprint density at radius 3 is 2.76 bits per heavy atom. The van der Waals surface area contributed by atoms with E-state index in [-0.39, 0.29) is 18.6 Å². The number of ether oxygens (including phenoxy) is 3.